The maximum absolute atomic E-state index is 11.9. The Morgan fingerprint density at radius 2 is 2.05 bits per heavy atom. The summed E-state index contributed by atoms with van der Waals surface area (Å²) in [6, 6.07) is 11.0. The molecular weight excluding hydrogens is 258 g/mol. The highest BCUT2D eigenvalue weighted by molar-refractivity contribution is 5.92. The lowest BCUT2D eigenvalue weighted by Crippen LogP contribution is -2.43. The molecule has 0 aliphatic rings. The van der Waals surface area contributed by atoms with Crippen molar-refractivity contribution in [2.24, 2.45) is 0 Å². The Labute approximate surface area is 116 Å². The molecule has 0 radical (unpaired) electrons. The second-order valence-electron chi connectivity index (χ2n) is 4.82. The zero-order valence-electron chi connectivity index (χ0n) is 11.2. The average Bonchev–Trinajstić information content (AvgIpc) is 2.96. The molecule has 0 aliphatic carbocycles. The molecule has 1 aromatic heterocycles. The number of nitrogens with one attached hydrogen (secondary N) is 1. The number of carbonyl (C=O) groups excluding carboxylic acids is 1. The molecule has 6 nitrogen and oxygen atoms in total. The van der Waals surface area contributed by atoms with E-state index in [-0.39, 0.29) is 12.2 Å². The summed E-state index contributed by atoms with van der Waals surface area (Å²) in [5.41, 5.74) is -0.228. The molecule has 1 unspecified atom stereocenters. The third-order valence-corrected chi connectivity index (χ3v) is 2.81. The third kappa shape index (κ3) is 3.43. The molecule has 1 heterocycles. The number of para-hydroxylation sites is 1. The van der Waals surface area contributed by atoms with Crippen LogP contribution in [0.5, 0.6) is 0 Å². The predicted molar refractivity (Wildman–Crippen MR) is 73.6 cm³/mol. The van der Waals surface area contributed by atoms with Gasteiger partial charge >= 0.3 is 0 Å². The predicted octanol–water partition coefficient (Wildman–Crippen LogP) is 0.345. The molecule has 0 saturated heterocycles. The van der Waals surface area contributed by atoms with Crippen LogP contribution in [0.15, 0.2) is 42.6 Å². The second-order valence-corrected chi connectivity index (χ2v) is 4.82. The van der Waals surface area contributed by atoms with Crippen molar-refractivity contribution < 1.29 is 15.0 Å². The third-order valence-electron chi connectivity index (χ3n) is 2.81. The van der Waals surface area contributed by atoms with Crippen LogP contribution >= 0.6 is 0 Å². The molecule has 1 amide bonds. The summed E-state index contributed by atoms with van der Waals surface area (Å²) in [7, 11) is 0. The first-order valence-corrected chi connectivity index (χ1v) is 6.24. The average molecular weight is 275 g/mol. The van der Waals surface area contributed by atoms with Gasteiger partial charge < -0.3 is 15.5 Å². The number of carbonyl (C=O) groups is 1. The summed E-state index contributed by atoms with van der Waals surface area (Å²) in [6.07, 6.45) is 1.69. The molecule has 1 atom stereocenters. The summed E-state index contributed by atoms with van der Waals surface area (Å²) in [6.45, 7) is 0.974. The van der Waals surface area contributed by atoms with Crippen molar-refractivity contribution in [2.75, 3.05) is 13.2 Å². The maximum atomic E-state index is 11.9. The van der Waals surface area contributed by atoms with Gasteiger partial charge in [-0.25, -0.2) is 4.68 Å². The lowest BCUT2D eigenvalue weighted by atomic mass is 10.1. The highest BCUT2D eigenvalue weighted by Crippen LogP contribution is 2.07. The zero-order valence-corrected chi connectivity index (χ0v) is 11.2. The summed E-state index contributed by atoms with van der Waals surface area (Å²) in [5, 5.41) is 25.2. The van der Waals surface area contributed by atoms with Crippen molar-refractivity contribution >= 4 is 5.91 Å². The molecule has 20 heavy (non-hydrogen) atoms. The molecular formula is C14H17N3O3. The van der Waals surface area contributed by atoms with E-state index in [1.807, 2.05) is 30.3 Å². The van der Waals surface area contributed by atoms with Gasteiger partial charge in [0.15, 0.2) is 5.69 Å². The standard InChI is InChI=1S/C14H17N3O3/c1-14(20,10-18)9-15-13(19)12-7-8-17(16-12)11-5-3-2-4-6-11/h2-8,18,20H,9-10H2,1H3,(H,15,19). The van der Waals surface area contributed by atoms with Crippen LogP contribution in [-0.2, 0) is 0 Å². The van der Waals surface area contributed by atoms with Gasteiger partial charge in [-0.1, -0.05) is 18.2 Å². The molecule has 0 saturated carbocycles. The van der Waals surface area contributed by atoms with E-state index in [9.17, 15) is 9.90 Å². The SMILES string of the molecule is CC(O)(CO)CNC(=O)c1ccn(-c2ccccc2)n1. The lowest BCUT2D eigenvalue weighted by molar-refractivity contribution is 0.00316. The minimum absolute atomic E-state index is 0.0411. The van der Waals surface area contributed by atoms with Crippen molar-refractivity contribution in [3.63, 3.8) is 0 Å². The van der Waals surface area contributed by atoms with Gasteiger partial charge in [0.25, 0.3) is 5.91 Å². The van der Waals surface area contributed by atoms with Crippen LogP contribution in [0.2, 0.25) is 0 Å². The Balaban J connectivity index is 2.04. The summed E-state index contributed by atoms with van der Waals surface area (Å²) in [5.74, 6) is -0.395. The molecule has 3 N–H and O–H groups in total. The smallest absolute Gasteiger partial charge is 0.271 e. The van der Waals surface area contributed by atoms with E-state index in [4.69, 9.17) is 5.11 Å². The van der Waals surface area contributed by atoms with E-state index in [1.165, 1.54) is 6.92 Å². The topological polar surface area (TPSA) is 87.4 Å². The minimum atomic E-state index is -1.34. The van der Waals surface area contributed by atoms with Crippen molar-refractivity contribution in [2.45, 2.75) is 12.5 Å². The Hall–Kier alpha value is -2.18. The fraction of sp³-hybridized carbons (Fsp3) is 0.286. The molecule has 0 bridgehead atoms. The molecule has 0 spiro atoms. The van der Waals surface area contributed by atoms with Gasteiger partial charge in [-0.3, -0.25) is 4.79 Å². The molecule has 2 aromatic rings. The van der Waals surface area contributed by atoms with E-state index >= 15 is 0 Å². The van der Waals surface area contributed by atoms with E-state index in [0.717, 1.165) is 5.69 Å². The molecule has 2 rings (SSSR count). The second kappa shape index (κ2) is 5.85. The van der Waals surface area contributed by atoms with Gasteiger partial charge in [-0.2, -0.15) is 5.10 Å². The molecule has 106 valence electrons. The van der Waals surface area contributed by atoms with E-state index < -0.39 is 18.1 Å². The number of hydrogen-bond acceptors (Lipinski definition) is 4. The van der Waals surface area contributed by atoms with Crippen LogP contribution in [0.25, 0.3) is 5.69 Å². The Morgan fingerprint density at radius 1 is 1.35 bits per heavy atom. The fourth-order valence-corrected chi connectivity index (χ4v) is 1.59. The summed E-state index contributed by atoms with van der Waals surface area (Å²) >= 11 is 0. The number of benzene rings is 1. The van der Waals surface area contributed by atoms with Crippen LogP contribution in [-0.4, -0.2) is 44.7 Å². The first-order valence-electron chi connectivity index (χ1n) is 6.24. The number of aromatic nitrogens is 2. The van der Waals surface area contributed by atoms with Crippen molar-refractivity contribution in [1.29, 1.82) is 0 Å². The molecule has 0 aliphatic heterocycles. The van der Waals surface area contributed by atoms with Crippen LogP contribution in [0.1, 0.15) is 17.4 Å². The minimum Gasteiger partial charge on any atom is -0.393 e. The lowest BCUT2D eigenvalue weighted by Gasteiger charge is -2.20. The van der Waals surface area contributed by atoms with Crippen molar-refractivity contribution in [3.05, 3.63) is 48.3 Å². The maximum Gasteiger partial charge on any atom is 0.271 e. The first kappa shape index (κ1) is 14.2. The quantitative estimate of drug-likeness (QED) is 0.734. The van der Waals surface area contributed by atoms with Crippen molar-refractivity contribution in [1.82, 2.24) is 15.1 Å². The Morgan fingerprint density at radius 3 is 2.70 bits per heavy atom. The van der Waals surface area contributed by atoms with E-state index in [0.29, 0.717) is 0 Å². The number of aliphatic hydroxyl groups is 2. The molecule has 0 fully saturated rings. The highest BCUT2D eigenvalue weighted by Gasteiger charge is 2.20. The number of hydrogen-bond donors (Lipinski definition) is 3. The number of amides is 1. The van der Waals surface area contributed by atoms with Gasteiger partial charge in [0.1, 0.15) is 5.60 Å². The van der Waals surface area contributed by atoms with Crippen LogP contribution in [0.3, 0.4) is 0 Å². The highest BCUT2D eigenvalue weighted by atomic mass is 16.3. The number of rotatable bonds is 5. The van der Waals surface area contributed by atoms with Gasteiger partial charge in [0.2, 0.25) is 0 Å². The number of aliphatic hydroxyl groups excluding tert-OH is 1. The normalized spacial score (nSPS) is 13.8. The van der Waals surface area contributed by atoms with Crippen LogP contribution in [0.4, 0.5) is 0 Å². The van der Waals surface area contributed by atoms with Crippen molar-refractivity contribution in [3.8, 4) is 5.69 Å². The van der Waals surface area contributed by atoms with Gasteiger partial charge in [-0.15, -0.1) is 0 Å². The summed E-state index contributed by atoms with van der Waals surface area (Å²) < 4.78 is 1.60. The molecule has 6 heteroatoms. The Bertz CT molecular complexity index is 578. The van der Waals surface area contributed by atoms with Gasteiger partial charge in [0, 0.05) is 12.7 Å². The summed E-state index contributed by atoms with van der Waals surface area (Å²) in [4.78, 5) is 11.9. The van der Waals surface area contributed by atoms with E-state index in [2.05, 4.69) is 10.4 Å². The van der Waals surface area contributed by atoms with Gasteiger partial charge in [-0.05, 0) is 25.1 Å². The fourth-order valence-electron chi connectivity index (χ4n) is 1.59. The van der Waals surface area contributed by atoms with E-state index in [1.54, 1.807) is 16.9 Å². The monoisotopic (exact) mass is 275 g/mol. The molecule has 1 aromatic carbocycles. The zero-order chi connectivity index (χ0) is 14.6. The Kier molecular flexibility index (Phi) is 4.16. The largest absolute Gasteiger partial charge is 0.393 e. The van der Waals surface area contributed by atoms with Gasteiger partial charge in [0.05, 0.1) is 12.3 Å². The van der Waals surface area contributed by atoms with Crippen LogP contribution < -0.4 is 5.32 Å². The number of nitrogens with zero attached hydrogens (tertiary/aromatic N) is 2. The van der Waals surface area contributed by atoms with Crippen LogP contribution in [0, 0.1) is 0 Å². The first-order chi connectivity index (χ1) is 9.52.